The molecular formula is C29H45N3O3. The van der Waals surface area contributed by atoms with Crippen molar-refractivity contribution >= 4 is 17.6 Å². The molecule has 1 saturated heterocycles. The van der Waals surface area contributed by atoms with Crippen LogP contribution in [0.15, 0.2) is 16.8 Å². The second-order valence-electron chi connectivity index (χ2n) is 13.1. The van der Waals surface area contributed by atoms with Gasteiger partial charge < -0.3 is 10.2 Å². The summed E-state index contributed by atoms with van der Waals surface area (Å²) in [7, 11) is 1.80. The molecule has 0 aromatic carbocycles. The van der Waals surface area contributed by atoms with Crippen LogP contribution in [0.4, 0.5) is 4.79 Å². The predicted molar refractivity (Wildman–Crippen MR) is 138 cm³/mol. The molecule has 0 radical (unpaired) electrons. The molecule has 1 N–H and O–H groups in total. The number of ketones is 1. The SMILES string of the molecule is C/C(=N\OC(=O)N(C)CC1CC(C)CN1)[C@H]1CC[C@H]2[C@@H]3CCC4=CC(=O)CC[C@]4(C)[C@H]3CC[C@]12C. The molecule has 0 bridgehead atoms. The number of oxime groups is 1. The highest BCUT2D eigenvalue weighted by Crippen LogP contribution is 2.66. The fourth-order valence-electron chi connectivity index (χ4n) is 9.05. The highest BCUT2D eigenvalue weighted by atomic mass is 16.7. The maximum Gasteiger partial charge on any atom is 0.435 e. The van der Waals surface area contributed by atoms with Crippen molar-refractivity contribution in [2.45, 2.75) is 91.5 Å². The van der Waals surface area contributed by atoms with Gasteiger partial charge in [0.15, 0.2) is 5.78 Å². The van der Waals surface area contributed by atoms with Crippen LogP contribution in [0.3, 0.4) is 0 Å². The highest BCUT2D eigenvalue weighted by molar-refractivity contribution is 5.91. The molecule has 4 aliphatic carbocycles. The van der Waals surface area contributed by atoms with Crippen LogP contribution in [-0.2, 0) is 9.63 Å². The molecule has 3 saturated carbocycles. The number of carbonyl (C=O) groups excluding carboxylic acids is 2. The lowest BCUT2D eigenvalue weighted by molar-refractivity contribution is -0.117. The molecule has 5 aliphatic rings. The maximum atomic E-state index is 12.6. The Bertz CT molecular complexity index is 928. The van der Waals surface area contributed by atoms with Crippen molar-refractivity contribution in [3.8, 4) is 0 Å². The van der Waals surface area contributed by atoms with Gasteiger partial charge in [0.2, 0.25) is 0 Å². The van der Waals surface area contributed by atoms with Crippen LogP contribution in [0.25, 0.3) is 0 Å². The van der Waals surface area contributed by atoms with E-state index in [0.29, 0.717) is 42.0 Å². The van der Waals surface area contributed by atoms with Gasteiger partial charge in [-0.2, -0.15) is 0 Å². The predicted octanol–water partition coefficient (Wildman–Crippen LogP) is 5.58. The summed E-state index contributed by atoms with van der Waals surface area (Å²) >= 11 is 0. The van der Waals surface area contributed by atoms with Gasteiger partial charge in [-0.05, 0) is 105 Å². The molecular weight excluding hydrogens is 438 g/mol. The molecule has 1 heterocycles. The molecule has 5 rings (SSSR count). The standard InChI is InChI=1S/C29H45N3O3/c1-18-14-21(30-16-18)17-32(5)27(34)35-31-19(2)24-8-9-25-23-7-6-20-15-22(33)10-12-28(20,3)26(23)11-13-29(24,25)4/h15,18,21,23-26,30H,6-14,16-17H2,1-5H3/b31-19+/t18?,21?,23-,24+,25-,26-,28-,29+/m0/s1. The number of likely N-dealkylation sites (N-methyl/N-ethyl adjacent to an activating group) is 1. The number of hydrogen-bond acceptors (Lipinski definition) is 5. The van der Waals surface area contributed by atoms with Crippen molar-refractivity contribution < 1.29 is 14.4 Å². The van der Waals surface area contributed by atoms with E-state index in [1.165, 1.54) is 31.3 Å². The largest absolute Gasteiger partial charge is 0.435 e. The van der Waals surface area contributed by atoms with Crippen LogP contribution in [0, 0.1) is 40.4 Å². The third-order valence-electron chi connectivity index (χ3n) is 11.0. The first kappa shape index (κ1) is 25.0. The van der Waals surface area contributed by atoms with Crippen LogP contribution < -0.4 is 5.32 Å². The number of rotatable bonds is 4. The summed E-state index contributed by atoms with van der Waals surface area (Å²) in [4.78, 5) is 31.8. The second kappa shape index (κ2) is 9.32. The summed E-state index contributed by atoms with van der Waals surface area (Å²) in [5.41, 5.74) is 2.85. The molecule has 35 heavy (non-hydrogen) atoms. The Hall–Kier alpha value is -1.69. The number of allylic oxidation sites excluding steroid dienone is 1. The highest BCUT2D eigenvalue weighted by Gasteiger charge is 2.59. The molecule has 0 aromatic heterocycles. The second-order valence-corrected chi connectivity index (χ2v) is 13.1. The molecule has 1 amide bonds. The molecule has 194 valence electrons. The minimum Gasteiger partial charge on any atom is -0.312 e. The van der Waals surface area contributed by atoms with E-state index >= 15 is 0 Å². The molecule has 0 aromatic rings. The Morgan fingerprint density at radius 2 is 1.97 bits per heavy atom. The van der Waals surface area contributed by atoms with Crippen LogP contribution in [0.5, 0.6) is 0 Å². The van der Waals surface area contributed by atoms with Crippen LogP contribution in [0.1, 0.15) is 85.5 Å². The molecule has 1 aliphatic heterocycles. The summed E-state index contributed by atoms with van der Waals surface area (Å²) in [5.74, 6) is 3.49. The van der Waals surface area contributed by atoms with E-state index in [2.05, 4.69) is 38.2 Å². The fraction of sp³-hybridized carbons (Fsp3) is 0.828. The molecule has 2 unspecified atom stereocenters. The fourth-order valence-corrected chi connectivity index (χ4v) is 9.05. The molecule has 6 heteroatoms. The van der Waals surface area contributed by atoms with Gasteiger partial charge in [0.25, 0.3) is 0 Å². The topological polar surface area (TPSA) is 71.0 Å². The molecule has 4 fully saturated rings. The van der Waals surface area contributed by atoms with Crippen molar-refractivity contribution in [2.24, 2.45) is 45.6 Å². The summed E-state index contributed by atoms with van der Waals surface area (Å²) in [5, 5.41) is 7.88. The van der Waals surface area contributed by atoms with Gasteiger partial charge in [0, 0.05) is 32.0 Å². The van der Waals surface area contributed by atoms with E-state index in [-0.39, 0.29) is 16.9 Å². The van der Waals surface area contributed by atoms with Crippen molar-refractivity contribution in [3.05, 3.63) is 11.6 Å². The minimum atomic E-state index is -0.361. The summed E-state index contributed by atoms with van der Waals surface area (Å²) < 4.78 is 0. The number of amides is 1. The molecule has 0 spiro atoms. The number of nitrogens with zero attached hydrogens (tertiary/aromatic N) is 2. The maximum absolute atomic E-state index is 12.6. The lowest BCUT2D eigenvalue weighted by atomic mass is 9.46. The van der Waals surface area contributed by atoms with Crippen molar-refractivity contribution in [3.63, 3.8) is 0 Å². The van der Waals surface area contributed by atoms with E-state index in [4.69, 9.17) is 4.84 Å². The third-order valence-corrected chi connectivity index (χ3v) is 11.0. The average Bonchev–Trinajstić information content (AvgIpc) is 3.39. The van der Waals surface area contributed by atoms with Gasteiger partial charge in [0.05, 0.1) is 5.71 Å². The van der Waals surface area contributed by atoms with Crippen molar-refractivity contribution in [2.75, 3.05) is 20.1 Å². The van der Waals surface area contributed by atoms with E-state index in [1.54, 1.807) is 11.9 Å². The lowest BCUT2D eigenvalue weighted by Gasteiger charge is -2.58. The zero-order chi connectivity index (χ0) is 25.0. The summed E-state index contributed by atoms with van der Waals surface area (Å²) in [6.45, 7) is 10.9. The van der Waals surface area contributed by atoms with Gasteiger partial charge >= 0.3 is 6.09 Å². The van der Waals surface area contributed by atoms with Gasteiger partial charge in [-0.1, -0.05) is 31.5 Å². The number of carbonyl (C=O) groups is 2. The molecule has 6 nitrogen and oxygen atoms in total. The van der Waals surface area contributed by atoms with Crippen molar-refractivity contribution in [1.82, 2.24) is 10.2 Å². The van der Waals surface area contributed by atoms with Crippen LogP contribution in [0.2, 0.25) is 0 Å². The number of nitrogens with one attached hydrogen (secondary N) is 1. The van der Waals surface area contributed by atoms with E-state index in [0.717, 1.165) is 50.3 Å². The smallest absolute Gasteiger partial charge is 0.312 e. The van der Waals surface area contributed by atoms with E-state index < -0.39 is 0 Å². The van der Waals surface area contributed by atoms with Crippen LogP contribution >= 0.6 is 0 Å². The van der Waals surface area contributed by atoms with E-state index in [9.17, 15) is 9.59 Å². The normalized spacial score (nSPS) is 43.2. The Labute approximate surface area is 211 Å². The summed E-state index contributed by atoms with van der Waals surface area (Å²) in [6, 6.07) is 0.340. The van der Waals surface area contributed by atoms with E-state index in [1.807, 2.05) is 6.08 Å². The van der Waals surface area contributed by atoms with Crippen molar-refractivity contribution in [1.29, 1.82) is 0 Å². The Morgan fingerprint density at radius 3 is 2.71 bits per heavy atom. The van der Waals surface area contributed by atoms with Crippen LogP contribution in [-0.4, -0.2) is 48.7 Å². The first-order chi connectivity index (χ1) is 16.6. The van der Waals surface area contributed by atoms with Gasteiger partial charge in [0.1, 0.15) is 0 Å². The number of hydrogen-bond donors (Lipinski definition) is 1. The first-order valence-electron chi connectivity index (χ1n) is 14.1. The average molecular weight is 484 g/mol. The zero-order valence-electron chi connectivity index (χ0n) is 22.4. The van der Waals surface area contributed by atoms with Gasteiger partial charge in [-0.3, -0.25) is 9.63 Å². The minimum absolute atomic E-state index is 0.214. The monoisotopic (exact) mass is 483 g/mol. The first-order valence-corrected chi connectivity index (χ1v) is 14.1. The van der Waals surface area contributed by atoms with Gasteiger partial charge in [-0.15, -0.1) is 0 Å². The third kappa shape index (κ3) is 4.38. The molecule has 8 atom stereocenters. The Balaban J connectivity index is 1.24. The Morgan fingerprint density at radius 1 is 1.17 bits per heavy atom. The van der Waals surface area contributed by atoms with Gasteiger partial charge in [-0.25, -0.2) is 4.79 Å². The summed E-state index contributed by atoms with van der Waals surface area (Å²) in [6.07, 6.45) is 11.6. The quantitative estimate of drug-likeness (QED) is 0.322. The lowest BCUT2D eigenvalue weighted by Crippen LogP contribution is -2.51. The zero-order valence-corrected chi connectivity index (χ0v) is 22.4. The Kier molecular flexibility index (Phi) is 6.65. The number of fused-ring (bicyclic) bond motifs is 5.